The lowest BCUT2D eigenvalue weighted by atomic mass is 10.1. The summed E-state index contributed by atoms with van der Waals surface area (Å²) in [7, 11) is 0. The predicted molar refractivity (Wildman–Crippen MR) is 102 cm³/mol. The maximum atomic E-state index is 13.4. The van der Waals surface area contributed by atoms with Crippen molar-refractivity contribution in [1.82, 2.24) is 14.8 Å². The molecule has 2 aromatic carbocycles. The van der Waals surface area contributed by atoms with E-state index in [2.05, 4.69) is 15.4 Å². The quantitative estimate of drug-likeness (QED) is 0.436. The second-order valence-corrected chi connectivity index (χ2v) is 7.22. The Labute approximate surface area is 165 Å². The SMILES string of the molecule is O=C(Nc1nc2ccccc2s1)n1nc(-c2ccc(Cl)cc2)cc1C(F)(F)F. The molecular formula is C18H10ClF3N4OS. The van der Waals surface area contributed by atoms with Crippen LogP contribution in [0.5, 0.6) is 0 Å². The summed E-state index contributed by atoms with van der Waals surface area (Å²) in [6, 6.07) is 13.0. The number of carbonyl (C=O) groups excluding carboxylic acids is 1. The lowest BCUT2D eigenvalue weighted by molar-refractivity contribution is -0.142. The van der Waals surface area contributed by atoms with Crippen LogP contribution in [0.25, 0.3) is 21.5 Å². The lowest BCUT2D eigenvalue weighted by Gasteiger charge is -2.08. The number of halogens is 4. The molecule has 1 N–H and O–H groups in total. The van der Waals surface area contributed by atoms with Crippen molar-refractivity contribution < 1.29 is 18.0 Å². The minimum absolute atomic E-state index is 0.00319. The highest BCUT2D eigenvalue weighted by atomic mass is 35.5. The molecule has 0 aliphatic rings. The molecule has 0 saturated heterocycles. The first-order chi connectivity index (χ1) is 13.3. The second kappa shape index (κ2) is 6.92. The van der Waals surface area contributed by atoms with Gasteiger partial charge in [0.05, 0.1) is 15.9 Å². The monoisotopic (exact) mass is 422 g/mol. The number of anilines is 1. The number of hydrogen-bond acceptors (Lipinski definition) is 4. The summed E-state index contributed by atoms with van der Waals surface area (Å²) in [5.74, 6) is 0. The average Bonchev–Trinajstić information content (AvgIpc) is 3.26. The van der Waals surface area contributed by atoms with Crippen LogP contribution in [0.3, 0.4) is 0 Å². The Balaban J connectivity index is 1.70. The molecule has 0 saturated carbocycles. The molecule has 2 aromatic heterocycles. The van der Waals surface area contributed by atoms with Gasteiger partial charge in [-0.3, -0.25) is 5.32 Å². The van der Waals surface area contributed by atoms with Crippen LogP contribution in [-0.4, -0.2) is 20.8 Å². The van der Waals surface area contributed by atoms with Gasteiger partial charge in [0.25, 0.3) is 0 Å². The normalized spacial score (nSPS) is 11.7. The van der Waals surface area contributed by atoms with E-state index in [0.29, 0.717) is 20.8 Å². The molecule has 1 amide bonds. The van der Waals surface area contributed by atoms with E-state index in [-0.39, 0.29) is 10.8 Å². The zero-order valence-electron chi connectivity index (χ0n) is 13.9. The molecule has 28 heavy (non-hydrogen) atoms. The third kappa shape index (κ3) is 3.58. The number of benzene rings is 2. The van der Waals surface area contributed by atoms with Gasteiger partial charge >= 0.3 is 12.2 Å². The summed E-state index contributed by atoms with van der Waals surface area (Å²) in [5.41, 5.74) is -0.137. The van der Waals surface area contributed by atoms with E-state index < -0.39 is 17.9 Å². The van der Waals surface area contributed by atoms with E-state index in [4.69, 9.17) is 11.6 Å². The van der Waals surface area contributed by atoms with Crippen molar-refractivity contribution in [1.29, 1.82) is 0 Å². The van der Waals surface area contributed by atoms with Crippen LogP contribution in [0.15, 0.2) is 54.6 Å². The van der Waals surface area contributed by atoms with E-state index in [0.717, 1.165) is 22.1 Å². The number of nitrogens with one attached hydrogen (secondary N) is 1. The fourth-order valence-electron chi connectivity index (χ4n) is 2.57. The zero-order chi connectivity index (χ0) is 19.9. The average molecular weight is 423 g/mol. The number of alkyl halides is 3. The topological polar surface area (TPSA) is 59.8 Å². The third-order valence-electron chi connectivity index (χ3n) is 3.84. The number of carbonyl (C=O) groups is 1. The second-order valence-electron chi connectivity index (χ2n) is 5.75. The number of para-hydroxylation sites is 1. The van der Waals surface area contributed by atoms with Gasteiger partial charge in [0.15, 0.2) is 10.8 Å². The number of thiazole rings is 1. The van der Waals surface area contributed by atoms with Crippen LogP contribution < -0.4 is 5.32 Å². The minimum atomic E-state index is -4.76. The zero-order valence-corrected chi connectivity index (χ0v) is 15.4. The first-order valence-corrected chi connectivity index (χ1v) is 9.11. The van der Waals surface area contributed by atoms with Crippen molar-refractivity contribution in [2.75, 3.05) is 5.32 Å². The van der Waals surface area contributed by atoms with Crippen LogP contribution in [0.4, 0.5) is 23.1 Å². The summed E-state index contributed by atoms with van der Waals surface area (Å²) < 4.78 is 41.4. The van der Waals surface area contributed by atoms with Crippen molar-refractivity contribution >= 4 is 44.3 Å². The van der Waals surface area contributed by atoms with E-state index >= 15 is 0 Å². The maximum absolute atomic E-state index is 13.4. The van der Waals surface area contributed by atoms with Gasteiger partial charge in [0, 0.05) is 10.6 Å². The highest BCUT2D eigenvalue weighted by Gasteiger charge is 2.38. The number of fused-ring (bicyclic) bond motifs is 1. The molecular weight excluding hydrogens is 413 g/mol. The maximum Gasteiger partial charge on any atom is 0.433 e. The van der Waals surface area contributed by atoms with Gasteiger partial charge < -0.3 is 0 Å². The van der Waals surface area contributed by atoms with Crippen molar-refractivity contribution in [2.24, 2.45) is 0 Å². The highest BCUT2D eigenvalue weighted by Crippen LogP contribution is 2.33. The van der Waals surface area contributed by atoms with Gasteiger partial charge in [-0.15, -0.1) is 0 Å². The van der Waals surface area contributed by atoms with E-state index in [1.807, 2.05) is 0 Å². The number of amides is 1. The van der Waals surface area contributed by atoms with Crippen molar-refractivity contribution in [3.05, 3.63) is 65.3 Å². The van der Waals surface area contributed by atoms with E-state index in [1.165, 1.54) is 24.3 Å². The smallest absolute Gasteiger partial charge is 0.282 e. The standard InChI is InChI=1S/C18H10ClF3N4OS/c19-11-7-5-10(6-8-11)13-9-15(18(20,21)22)26(25-13)17(27)24-16-23-12-3-1-2-4-14(12)28-16/h1-9H,(H,23,24,27). The summed E-state index contributed by atoms with van der Waals surface area (Å²) in [6.45, 7) is 0. The van der Waals surface area contributed by atoms with Crippen LogP contribution in [-0.2, 0) is 6.18 Å². The first kappa shape index (κ1) is 18.5. The molecule has 10 heteroatoms. The van der Waals surface area contributed by atoms with Gasteiger partial charge in [0.1, 0.15) is 0 Å². The highest BCUT2D eigenvalue weighted by molar-refractivity contribution is 7.22. The van der Waals surface area contributed by atoms with Crippen LogP contribution >= 0.6 is 22.9 Å². The van der Waals surface area contributed by atoms with Gasteiger partial charge in [0.2, 0.25) is 0 Å². The predicted octanol–water partition coefficient (Wildman–Crippen LogP) is 5.91. The Morgan fingerprint density at radius 2 is 1.82 bits per heavy atom. The van der Waals surface area contributed by atoms with Gasteiger partial charge in [-0.1, -0.05) is 47.2 Å². The minimum Gasteiger partial charge on any atom is -0.282 e. The Hall–Kier alpha value is -2.91. The van der Waals surface area contributed by atoms with Crippen molar-refractivity contribution in [3.8, 4) is 11.3 Å². The molecule has 0 radical (unpaired) electrons. The fraction of sp³-hybridized carbons (Fsp3) is 0.0556. The Morgan fingerprint density at radius 3 is 2.50 bits per heavy atom. The summed E-state index contributed by atoms with van der Waals surface area (Å²) >= 11 is 6.97. The number of hydrogen-bond donors (Lipinski definition) is 1. The Bertz CT molecular complexity index is 1130. The van der Waals surface area contributed by atoms with Crippen molar-refractivity contribution in [3.63, 3.8) is 0 Å². The molecule has 4 aromatic rings. The molecule has 4 rings (SSSR count). The number of nitrogens with zero attached hydrogens (tertiary/aromatic N) is 3. The first-order valence-electron chi connectivity index (χ1n) is 7.91. The fourth-order valence-corrected chi connectivity index (χ4v) is 3.55. The summed E-state index contributed by atoms with van der Waals surface area (Å²) in [6.07, 6.45) is -4.76. The van der Waals surface area contributed by atoms with Gasteiger partial charge in [-0.05, 0) is 30.3 Å². The molecule has 2 heterocycles. The molecule has 0 spiro atoms. The molecule has 0 aliphatic carbocycles. The third-order valence-corrected chi connectivity index (χ3v) is 5.04. The van der Waals surface area contributed by atoms with E-state index in [1.54, 1.807) is 24.3 Å². The largest absolute Gasteiger partial charge is 0.433 e. The summed E-state index contributed by atoms with van der Waals surface area (Å²) in [4.78, 5) is 16.7. The number of rotatable bonds is 2. The molecule has 0 fully saturated rings. The Morgan fingerprint density at radius 1 is 1.11 bits per heavy atom. The molecule has 0 bridgehead atoms. The molecule has 0 atom stereocenters. The molecule has 142 valence electrons. The van der Waals surface area contributed by atoms with Crippen LogP contribution in [0, 0.1) is 0 Å². The Kier molecular flexibility index (Phi) is 4.56. The molecule has 0 aliphatic heterocycles. The molecule has 5 nitrogen and oxygen atoms in total. The van der Waals surface area contributed by atoms with Crippen molar-refractivity contribution in [2.45, 2.75) is 6.18 Å². The molecule has 0 unspecified atom stereocenters. The van der Waals surface area contributed by atoms with Crippen LogP contribution in [0.1, 0.15) is 5.69 Å². The van der Waals surface area contributed by atoms with E-state index in [9.17, 15) is 18.0 Å². The lowest BCUT2D eigenvalue weighted by Crippen LogP contribution is -2.26. The van der Waals surface area contributed by atoms with Crippen LogP contribution in [0.2, 0.25) is 5.02 Å². The van der Waals surface area contributed by atoms with Gasteiger partial charge in [-0.2, -0.15) is 23.0 Å². The summed E-state index contributed by atoms with van der Waals surface area (Å²) in [5, 5.41) is 6.85. The number of aromatic nitrogens is 3. The van der Waals surface area contributed by atoms with Gasteiger partial charge in [-0.25, -0.2) is 9.78 Å².